The van der Waals surface area contributed by atoms with Crippen LogP contribution in [0.25, 0.3) is 16.9 Å². The van der Waals surface area contributed by atoms with Crippen molar-refractivity contribution in [3.05, 3.63) is 108 Å². The fraction of sp³-hybridized carbons (Fsp3) is 0.179. The van der Waals surface area contributed by atoms with Gasteiger partial charge in [0.25, 0.3) is 5.91 Å². The van der Waals surface area contributed by atoms with Crippen LogP contribution in [0.1, 0.15) is 22.3 Å². The number of amides is 2. The van der Waals surface area contributed by atoms with Gasteiger partial charge in [0, 0.05) is 29.4 Å². The topological polar surface area (TPSA) is 76.0 Å². The highest BCUT2D eigenvalue weighted by molar-refractivity contribution is 7.98. The van der Waals surface area contributed by atoms with E-state index in [0.29, 0.717) is 18.5 Å². The van der Waals surface area contributed by atoms with E-state index >= 15 is 0 Å². The molecule has 0 radical (unpaired) electrons. The fourth-order valence-corrected chi connectivity index (χ4v) is 4.20. The van der Waals surface area contributed by atoms with Gasteiger partial charge in [0.2, 0.25) is 5.91 Å². The van der Waals surface area contributed by atoms with Crippen molar-refractivity contribution in [2.45, 2.75) is 19.0 Å². The molecule has 6 nitrogen and oxygen atoms in total. The second-order valence-electron chi connectivity index (χ2n) is 8.04. The minimum Gasteiger partial charge on any atom is -0.350 e. The molecule has 4 rings (SSSR count). The Balaban J connectivity index is 1.52. The van der Waals surface area contributed by atoms with Crippen molar-refractivity contribution in [3.63, 3.8) is 0 Å². The first-order valence-corrected chi connectivity index (χ1v) is 12.9. The Morgan fingerprint density at radius 3 is 2.20 bits per heavy atom. The Labute approximate surface area is 209 Å². The predicted molar refractivity (Wildman–Crippen MR) is 142 cm³/mol. The summed E-state index contributed by atoms with van der Waals surface area (Å²) >= 11 is 1.64. The maximum Gasteiger partial charge on any atom is 0.251 e. The molecule has 1 heterocycles. The maximum absolute atomic E-state index is 13.2. The summed E-state index contributed by atoms with van der Waals surface area (Å²) in [5.74, 6) is 0.289. The van der Waals surface area contributed by atoms with E-state index in [1.54, 1.807) is 36.0 Å². The maximum atomic E-state index is 13.2. The first-order valence-electron chi connectivity index (χ1n) is 11.5. The van der Waals surface area contributed by atoms with Crippen molar-refractivity contribution >= 4 is 23.6 Å². The summed E-state index contributed by atoms with van der Waals surface area (Å²) in [4.78, 5) is 25.8. The molecule has 2 amide bonds. The number of rotatable bonds is 10. The summed E-state index contributed by atoms with van der Waals surface area (Å²) in [7, 11) is 0. The third-order valence-corrected chi connectivity index (χ3v) is 6.22. The normalized spacial score (nSPS) is 11.6. The van der Waals surface area contributed by atoms with Gasteiger partial charge in [-0.25, -0.2) is 4.68 Å². The van der Waals surface area contributed by atoms with Crippen LogP contribution in [0.4, 0.5) is 0 Å². The van der Waals surface area contributed by atoms with Gasteiger partial charge in [0.05, 0.1) is 11.4 Å². The lowest BCUT2D eigenvalue weighted by molar-refractivity contribution is -0.123. The zero-order chi connectivity index (χ0) is 24.5. The largest absolute Gasteiger partial charge is 0.350 e. The highest BCUT2D eigenvalue weighted by Gasteiger charge is 2.22. The van der Waals surface area contributed by atoms with E-state index in [0.717, 1.165) is 28.3 Å². The zero-order valence-corrected chi connectivity index (χ0v) is 20.4. The summed E-state index contributed by atoms with van der Waals surface area (Å²) in [5.41, 5.74) is 4.15. The molecule has 3 aromatic carbocycles. The predicted octanol–water partition coefficient (Wildman–Crippen LogP) is 4.71. The number of para-hydroxylation sites is 1. The number of carbonyl (C=O) groups excluding carboxylic acids is 2. The molecule has 178 valence electrons. The van der Waals surface area contributed by atoms with Gasteiger partial charge in [-0.3, -0.25) is 9.59 Å². The summed E-state index contributed by atoms with van der Waals surface area (Å²) in [6.07, 6.45) is 4.47. The molecular formula is C28H28N4O2S. The number of thioether (sulfide) groups is 1. The van der Waals surface area contributed by atoms with Gasteiger partial charge in [-0.1, -0.05) is 66.7 Å². The molecule has 0 aliphatic carbocycles. The van der Waals surface area contributed by atoms with Gasteiger partial charge in [-0.2, -0.15) is 16.9 Å². The molecule has 0 unspecified atom stereocenters. The summed E-state index contributed by atoms with van der Waals surface area (Å²) in [6.45, 7) is 0.298. The lowest BCUT2D eigenvalue weighted by Gasteiger charge is -2.18. The van der Waals surface area contributed by atoms with Crippen molar-refractivity contribution in [1.29, 1.82) is 0 Å². The van der Waals surface area contributed by atoms with Gasteiger partial charge >= 0.3 is 0 Å². The third-order valence-electron chi connectivity index (χ3n) is 5.58. The average Bonchev–Trinajstić information content (AvgIpc) is 3.35. The Bertz CT molecular complexity index is 1240. The van der Waals surface area contributed by atoms with Crippen LogP contribution in [0.15, 0.2) is 97.2 Å². The quantitative estimate of drug-likeness (QED) is 0.342. The number of nitrogens with one attached hydrogen (secondary N) is 2. The van der Waals surface area contributed by atoms with E-state index in [4.69, 9.17) is 5.10 Å². The Morgan fingerprint density at radius 1 is 0.914 bits per heavy atom. The number of benzene rings is 3. The number of hydrogen-bond donors (Lipinski definition) is 2. The molecule has 2 N–H and O–H groups in total. The molecule has 4 aromatic rings. The van der Waals surface area contributed by atoms with Crippen molar-refractivity contribution < 1.29 is 9.59 Å². The Hall–Kier alpha value is -3.84. The number of aromatic nitrogens is 2. The fourth-order valence-electron chi connectivity index (χ4n) is 3.73. The number of nitrogens with zero attached hydrogens (tertiary/aromatic N) is 2. The van der Waals surface area contributed by atoms with Crippen LogP contribution in [0.3, 0.4) is 0 Å². The van der Waals surface area contributed by atoms with Crippen LogP contribution in [-0.4, -0.2) is 39.6 Å². The average molecular weight is 485 g/mol. The second-order valence-corrected chi connectivity index (χ2v) is 9.03. The Kier molecular flexibility index (Phi) is 8.35. The van der Waals surface area contributed by atoms with Gasteiger partial charge < -0.3 is 10.6 Å². The molecule has 1 atom stereocenters. The van der Waals surface area contributed by atoms with E-state index in [1.807, 2.05) is 83.9 Å². The van der Waals surface area contributed by atoms with Crippen LogP contribution in [0, 0.1) is 0 Å². The van der Waals surface area contributed by atoms with E-state index in [9.17, 15) is 9.59 Å². The monoisotopic (exact) mass is 484 g/mol. The lowest BCUT2D eigenvalue weighted by Crippen LogP contribution is -2.46. The minimum absolute atomic E-state index is 0.213. The van der Waals surface area contributed by atoms with Gasteiger partial charge in [-0.15, -0.1) is 0 Å². The Morgan fingerprint density at radius 2 is 1.54 bits per heavy atom. The van der Waals surface area contributed by atoms with Crippen LogP contribution >= 0.6 is 11.8 Å². The molecule has 1 aromatic heterocycles. The molecule has 0 aliphatic heterocycles. The van der Waals surface area contributed by atoms with Crippen molar-refractivity contribution in [2.75, 3.05) is 12.0 Å². The summed E-state index contributed by atoms with van der Waals surface area (Å²) in [5, 5.41) is 10.7. The number of carbonyl (C=O) groups is 2. The van der Waals surface area contributed by atoms with Crippen LogP contribution in [0.5, 0.6) is 0 Å². The SMILES string of the molecule is CSCC[C@@H](NC(=O)c1ccccc1)C(=O)NCc1cn(-c2ccccc2)nc1-c1ccccc1. The molecule has 0 saturated heterocycles. The highest BCUT2D eigenvalue weighted by Crippen LogP contribution is 2.23. The van der Waals surface area contributed by atoms with Crippen LogP contribution in [0.2, 0.25) is 0 Å². The van der Waals surface area contributed by atoms with Gasteiger partial charge in [0.15, 0.2) is 0 Å². The van der Waals surface area contributed by atoms with Crippen LogP contribution in [-0.2, 0) is 11.3 Å². The van der Waals surface area contributed by atoms with Crippen molar-refractivity contribution in [1.82, 2.24) is 20.4 Å². The summed E-state index contributed by atoms with van der Waals surface area (Å²) < 4.78 is 1.83. The smallest absolute Gasteiger partial charge is 0.251 e. The molecule has 0 spiro atoms. The molecule has 7 heteroatoms. The molecule has 0 fully saturated rings. The first-order chi connectivity index (χ1) is 17.2. The zero-order valence-electron chi connectivity index (χ0n) is 19.6. The van der Waals surface area contributed by atoms with E-state index in [1.165, 1.54) is 0 Å². The molecule has 35 heavy (non-hydrogen) atoms. The standard InChI is InChI=1S/C28H28N4O2S/c1-35-18-17-25(30-27(33)22-13-7-3-8-14-22)28(34)29-19-23-20-32(24-15-9-4-10-16-24)31-26(23)21-11-5-2-6-12-21/h2-16,20,25H,17-19H2,1H3,(H,29,34)(H,30,33)/t25-/m1/s1. The van der Waals surface area contributed by atoms with E-state index < -0.39 is 6.04 Å². The van der Waals surface area contributed by atoms with Crippen molar-refractivity contribution in [2.24, 2.45) is 0 Å². The third kappa shape index (κ3) is 6.39. The van der Waals surface area contributed by atoms with E-state index in [2.05, 4.69) is 10.6 Å². The van der Waals surface area contributed by atoms with Gasteiger partial charge in [0.1, 0.15) is 6.04 Å². The molecule has 0 bridgehead atoms. The first kappa shape index (κ1) is 24.3. The molecule has 0 saturated carbocycles. The van der Waals surface area contributed by atoms with Crippen LogP contribution < -0.4 is 10.6 Å². The van der Waals surface area contributed by atoms with Gasteiger partial charge in [-0.05, 0) is 42.7 Å². The minimum atomic E-state index is -0.625. The van der Waals surface area contributed by atoms with Crippen molar-refractivity contribution in [3.8, 4) is 16.9 Å². The second kappa shape index (κ2) is 12.0. The summed E-state index contributed by atoms with van der Waals surface area (Å²) in [6, 6.07) is 28.1. The molecular weight excluding hydrogens is 456 g/mol. The highest BCUT2D eigenvalue weighted by atomic mass is 32.2. The number of hydrogen-bond acceptors (Lipinski definition) is 4. The lowest BCUT2D eigenvalue weighted by atomic mass is 10.1. The molecule has 0 aliphatic rings. The van der Waals surface area contributed by atoms with E-state index in [-0.39, 0.29) is 11.8 Å².